The van der Waals surface area contributed by atoms with Gasteiger partial charge in [-0.3, -0.25) is 0 Å². The van der Waals surface area contributed by atoms with Gasteiger partial charge in [0.25, 0.3) is 0 Å². The molecule has 1 unspecified atom stereocenters. The largest absolute Gasteiger partial charge is 0.389 e. The number of rotatable bonds is 2. The van der Waals surface area contributed by atoms with E-state index in [0.29, 0.717) is 12.1 Å². The maximum atomic E-state index is 13.4. The van der Waals surface area contributed by atoms with Crippen molar-refractivity contribution in [2.24, 2.45) is 0 Å². The van der Waals surface area contributed by atoms with Crippen LogP contribution in [-0.2, 0) is 0 Å². The first-order chi connectivity index (χ1) is 8.15. The smallest absolute Gasteiger partial charge is 0.218 e. The molecule has 4 nitrogen and oxygen atoms in total. The lowest BCUT2D eigenvalue weighted by Crippen LogP contribution is -2.43. The third kappa shape index (κ3) is 1.79. The van der Waals surface area contributed by atoms with E-state index in [2.05, 4.69) is 15.2 Å². The summed E-state index contributed by atoms with van der Waals surface area (Å²) >= 11 is 0. The maximum Gasteiger partial charge on any atom is 0.218 e. The molecule has 2 aliphatic heterocycles. The number of piperazine rings is 1. The first kappa shape index (κ1) is 10.9. The van der Waals surface area contributed by atoms with Crippen molar-refractivity contribution in [2.75, 3.05) is 18.0 Å². The Bertz CT molecular complexity index is 438. The summed E-state index contributed by atoms with van der Waals surface area (Å²) in [6.07, 6.45) is 1.88. The topological polar surface area (TPSA) is 48.4 Å². The van der Waals surface area contributed by atoms with E-state index < -0.39 is 12.1 Å². The predicted octanol–water partition coefficient (Wildman–Crippen LogP) is 0.825. The summed E-state index contributed by atoms with van der Waals surface area (Å²) in [7, 11) is 0. The van der Waals surface area contributed by atoms with E-state index in [0.717, 1.165) is 25.2 Å². The number of anilines is 1. The number of nitrogens with zero attached hydrogens (tertiary/aromatic N) is 2. The third-order valence-corrected chi connectivity index (χ3v) is 3.69. The molecule has 17 heavy (non-hydrogen) atoms. The van der Waals surface area contributed by atoms with Crippen molar-refractivity contribution in [1.29, 1.82) is 0 Å². The molecule has 3 rings (SSSR count). The third-order valence-electron chi connectivity index (χ3n) is 3.69. The molecule has 0 aliphatic carbocycles. The number of fused-ring (bicyclic) bond motifs is 2. The minimum atomic E-state index is -0.819. The van der Waals surface area contributed by atoms with E-state index in [-0.39, 0.29) is 5.56 Å². The lowest BCUT2D eigenvalue weighted by Gasteiger charge is -2.29. The molecular formula is C12H16FN3O. The fourth-order valence-corrected chi connectivity index (χ4v) is 2.78. The lowest BCUT2D eigenvalue weighted by atomic mass is 10.1. The van der Waals surface area contributed by atoms with E-state index in [4.69, 9.17) is 0 Å². The van der Waals surface area contributed by atoms with Gasteiger partial charge >= 0.3 is 0 Å². The molecule has 2 fully saturated rings. The van der Waals surface area contributed by atoms with Crippen molar-refractivity contribution in [1.82, 2.24) is 10.3 Å². The average Bonchev–Trinajstić information content (AvgIpc) is 2.91. The highest BCUT2D eigenvalue weighted by Crippen LogP contribution is 2.30. The van der Waals surface area contributed by atoms with Gasteiger partial charge in [0.1, 0.15) is 0 Å². The number of nitrogens with one attached hydrogen (secondary N) is 1. The fourth-order valence-electron chi connectivity index (χ4n) is 2.78. The summed E-state index contributed by atoms with van der Waals surface area (Å²) in [5.41, 5.74) is 1.19. The van der Waals surface area contributed by atoms with Gasteiger partial charge in [-0.1, -0.05) is 0 Å². The number of hydrogen-bond donors (Lipinski definition) is 2. The van der Waals surface area contributed by atoms with Crippen molar-refractivity contribution in [3.8, 4) is 0 Å². The summed E-state index contributed by atoms with van der Waals surface area (Å²) in [5.74, 6) is -0.578. The van der Waals surface area contributed by atoms with Crippen LogP contribution in [0.4, 0.5) is 10.1 Å². The van der Waals surface area contributed by atoms with Gasteiger partial charge in [-0.25, -0.2) is 4.98 Å². The number of aliphatic hydroxyl groups excluding tert-OH is 1. The molecule has 5 heteroatoms. The first-order valence-corrected chi connectivity index (χ1v) is 5.98. The highest BCUT2D eigenvalue weighted by atomic mass is 19.1. The van der Waals surface area contributed by atoms with E-state index in [9.17, 15) is 9.50 Å². The molecule has 0 saturated carbocycles. The molecule has 1 aromatic heterocycles. The number of pyridine rings is 1. The maximum absolute atomic E-state index is 13.4. The minimum Gasteiger partial charge on any atom is -0.389 e. The number of hydrogen-bond acceptors (Lipinski definition) is 4. The number of aromatic nitrogens is 1. The molecule has 0 aromatic carbocycles. The zero-order chi connectivity index (χ0) is 12.0. The van der Waals surface area contributed by atoms with Crippen molar-refractivity contribution in [3.05, 3.63) is 23.8 Å². The average molecular weight is 237 g/mol. The molecule has 0 radical (unpaired) electrons. The summed E-state index contributed by atoms with van der Waals surface area (Å²) in [5, 5.41) is 12.9. The fraction of sp³-hybridized carbons (Fsp3) is 0.583. The van der Waals surface area contributed by atoms with Crippen LogP contribution in [0, 0.1) is 5.95 Å². The molecule has 92 valence electrons. The highest BCUT2D eigenvalue weighted by Gasteiger charge is 2.37. The molecule has 3 heterocycles. The second-order valence-electron chi connectivity index (χ2n) is 4.90. The summed E-state index contributed by atoms with van der Waals surface area (Å²) in [6.45, 7) is 3.48. The zero-order valence-corrected chi connectivity index (χ0v) is 9.73. The van der Waals surface area contributed by atoms with Gasteiger partial charge in [-0.15, -0.1) is 0 Å². The quantitative estimate of drug-likeness (QED) is 0.748. The number of aliphatic hydroxyl groups is 1. The van der Waals surface area contributed by atoms with E-state index in [1.807, 2.05) is 0 Å². The summed E-state index contributed by atoms with van der Waals surface area (Å²) < 4.78 is 13.4. The second-order valence-corrected chi connectivity index (χ2v) is 4.90. The molecule has 3 atom stereocenters. The normalized spacial score (nSPS) is 28.8. The Kier molecular flexibility index (Phi) is 2.52. The van der Waals surface area contributed by atoms with Gasteiger partial charge in [0.15, 0.2) is 0 Å². The molecular weight excluding hydrogens is 221 g/mol. The SMILES string of the molecule is CC(O)c1cc(N2C[C@@H]3C[C@H]2CN3)cnc1F. The molecule has 1 aromatic rings. The Hall–Kier alpha value is -1.20. The predicted molar refractivity (Wildman–Crippen MR) is 62.4 cm³/mol. The van der Waals surface area contributed by atoms with Crippen LogP contribution in [0.1, 0.15) is 25.0 Å². The van der Waals surface area contributed by atoms with Crippen LogP contribution in [0.15, 0.2) is 12.3 Å². The highest BCUT2D eigenvalue weighted by molar-refractivity contribution is 5.50. The first-order valence-electron chi connectivity index (χ1n) is 5.98. The molecule has 2 aliphatic rings. The standard InChI is InChI=1S/C12H16FN3O/c1-7(17)11-3-10(5-15-12(11)13)16-6-8-2-9(16)4-14-8/h3,5,7-9,14,17H,2,4,6H2,1H3/t7?,8-,9-/m0/s1. The van der Waals surface area contributed by atoms with Gasteiger partial charge in [0.05, 0.1) is 18.0 Å². The Morgan fingerprint density at radius 1 is 1.65 bits per heavy atom. The Morgan fingerprint density at radius 2 is 2.47 bits per heavy atom. The van der Waals surface area contributed by atoms with Crippen LogP contribution in [-0.4, -0.2) is 35.3 Å². The Morgan fingerprint density at radius 3 is 3.06 bits per heavy atom. The molecule has 0 spiro atoms. The second kappa shape index (κ2) is 3.92. The van der Waals surface area contributed by atoms with Crippen molar-refractivity contribution in [3.63, 3.8) is 0 Å². The van der Waals surface area contributed by atoms with Crippen molar-refractivity contribution >= 4 is 5.69 Å². The summed E-state index contributed by atoms with van der Waals surface area (Å²) in [6, 6.07) is 2.74. The van der Waals surface area contributed by atoms with Gasteiger partial charge in [-0.05, 0) is 19.4 Å². The minimum absolute atomic E-state index is 0.276. The van der Waals surface area contributed by atoms with Crippen LogP contribution < -0.4 is 10.2 Å². The lowest BCUT2D eigenvalue weighted by molar-refractivity contribution is 0.193. The number of halogens is 1. The monoisotopic (exact) mass is 237 g/mol. The van der Waals surface area contributed by atoms with Gasteiger partial charge in [0.2, 0.25) is 5.95 Å². The summed E-state index contributed by atoms with van der Waals surface area (Å²) in [4.78, 5) is 5.99. The van der Waals surface area contributed by atoms with Crippen LogP contribution in [0.5, 0.6) is 0 Å². The van der Waals surface area contributed by atoms with Crippen LogP contribution in [0.2, 0.25) is 0 Å². The van der Waals surface area contributed by atoms with E-state index in [1.54, 1.807) is 19.2 Å². The van der Waals surface area contributed by atoms with Gasteiger partial charge in [-0.2, -0.15) is 4.39 Å². The Balaban J connectivity index is 1.91. The van der Waals surface area contributed by atoms with Crippen LogP contribution in [0.25, 0.3) is 0 Å². The van der Waals surface area contributed by atoms with Crippen molar-refractivity contribution in [2.45, 2.75) is 31.5 Å². The van der Waals surface area contributed by atoms with Crippen LogP contribution in [0.3, 0.4) is 0 Å². The molecule has 2 bridgehead atoms. The van der Waals surface area contributed by atoms with E-state index >= 15 is 0 Å². The van der Waals surface area contributed by atoms with Gasteiger partial charge in [0, 0.05) is 30.7 Å². The molecule has 2 N–H and O–H groups in total. The zero-order valence-electron chi connectivity index (χ0n) is 9.73. The Labute approximate surface area is 99.5 Å². The van der Waals surface area contributed by atoms with E-state index in [1.165, 1.54) is 0 Å². The molecule has 2 saturated heterocycles. The van der Waals surface area contributed by atoms with Crippen molar-refractivity contribution < 1.29 is 9.50 Å². The van der Waals surface area contributed by atoms with Gasteiger partial charge < -0.3 is 15.3 Å². The molecule has 0 amide bonds. The van der Waals surface area contributed by atoms with Crippen LogP contribution >= 0.6 is 0 Å².